The van der Waals surface area contributed by atoms with Gasteiger partial charge in [-0.2, -0.15) is 13.6 Å². The fourth-order valence-electron chi connectivity index (χ4n) is 6.80. The summed E-state index contributed by atoms with van der Waals surface area (Å²) in [5.74, 6) is -0.920. The first-order valence-corrected chi connectivity index (χ1v) is 17.6. The monoisotopic (exact) mass is 698 g/mol. The molecule has 3 heterocycles. The summed E-state index contributed by atoms with van der Waals surface area (Å²) < 4.78 is 27.6. The summed E-state index contributed by atoms with van der Waals surface area (Å²) in [6.07, 6.45) is 3.22. The number of aromatic nitrogens is 1. The topological polar surface area (TPSA) is 166 Å². The van der Waals surface area contributed by atoms with Gasteiger partial charge in [0.25, 0.3) is 0 Å². The molecule has 0 unspecified atom stereocenters. The molecule has 50 heavy (non-hydrogen) atoms. The summed E-state index contributed by atoms with van der Waals surface area (Å²) in [7, 11) is -4.24. The van der Waals surface area contributed by atoms with Crippen LogP contribution in [0.25, 0.3) is 10.9 Å². The van der Waals surface area contributed by atoms with Gasteiger partial charge in [0, 0.05) is 43.1 Å². The van der Waals surface area contributed by atoms with Crippen LogP contribution in [0.5, 0.6) is 5.75 Å². The van der Waals surface area contributed by atoms with Crippen molar-refractivity contribution in [3.63, 3.8) is 0 Å². The van der Waals surface area contributed by atoms with Crippen molar-refractivity contribution in [3.05, 3.63) is 114 Å². The molecule has 2 aliphatic heterocycles. The van der Waals surface area contributed by atoms with Crippen LogP contribution in [0.3, 0.4) is 0 Å². The number of ketones is 1. The van der Waals surface area contributed by atoms with Gasteiger partial charge in [0.05, 0.1) is 18.6 Å². The number of piperazine rings is 1. The average Bonchev–Trinajstić information content (AvgIpc) is 3.52. The molecule has 0 bridgehead atoms. The number of hydrazine groups is 1. The molecule has 3 N–H and O–H groups in total. The largest absolute Gasteiger partial charge is 0.380 e. The predicted octanol–water partition coefficient (Wildman–Crippen LogP) is 2.94. The third-order valence-corrected chi connectivity index (χ3v) is 9.43. The molecule has 2 atom stereocenters. The number of aromatic amines is 1. The van der Waals surface area contributed by atoms with Crippen LogP contribution < -0.4 is 9.32 Å². The fraction of sp³-hybridized carbons (Fsp3) is 0.278. The van der Waals surface area contributed by atoms with E-state index in [2.05, 4.69) is 11.6 Å². The zero-order chi connectivity index (χ0) is 35.6. The van der Waals surface area contributed by atoms with Gasteiger partial charge in [-0.05, 0) is 42.2 Å². The Morgan fingerprint density at radius 1 is 1.02 bits per heavy atom. The molecule has 4 aromatic rings. The molecule has 14 heteroatoms. The highest BCUT2D eigenvalue weighted by Gasteiger charge is 2.51. The van der Waals surface area contributed by atoms with Crippen LogP contribution >= 0.6 is 0 Å². The Morgan fingerprint density at radius 3 is 2.44 bits per heavy atom. The molecule has 0 saturated carbocycles. The number of carbonyl (C=O) groups excluding carboxylic acids is 4. The summed E-state index contributed by atoms with van der Waals surface area (Å²) in [6.45, 7) is 5.65. The van der Waals surface area contributed by atoms with Crippen molar-refractivity contribution in [3.8, 4) is 5.75 Å². The fourth-order valence-corrected chi connectivity index (χ4v) is 7.18. The second-order valence-electron chi connectivity index (χ2n) is 12.4. The number of benzene rings is 3. The Labute approximate surface area is 290 Å². The van der Waals surface area contributed by atoms with Gasteiger partial charge in [-0.1, -0.05) is 66.7 Å². The molecular formula is C36H38N6O7S. The van der Waals surface area contributed by atoms with E-state index in [-0.39, 0.29) is 68.3 Å². The molecule has 2 saturated heterocycles. The number of para-hydroxylation sites is 1. The minimum Gasteiger partial charge on any atom is -0.371 e. The third-order valence-electron chi connectivity index (χ3n) is 9.00. The van der Waals surface area contributed by atoms with E-state index < -0.39 is 22.5 Å². The van der Waals surface area contributed by atoms with E-state index in [1.807, 2.05) is 48.5 Å². The lowest BCUT2D eigenvalue weighted by atomic mass is 9.97. The molecular weight excluding hydrogens is 660 g/mol. The number of Topliss-reactive ketones (excluding diaryl/α,β-unsaturated/α-hetero) is 1. The molecule has 6 rings (SSSR count). The number of nitrogens with two attached hydrogens (primary N) is 1. The third kappa shape index (κ3) is 7.32. The Morgan fingerprint density at radius 2 is 1.76 bits per heavy atom. The molecule has 1 aromatic heterocycles. The number of nitrogens with zero attached hydrogens (tertiary/aromatic N) is 4. The van der Waals surface area contributed by atoms with E-state index in [0.29, 0.717) is 17.5 Å². The van der Waals surface area contributed by atoms with Crippen molar-refractivity contribution < 1.29 is 31.8 Å². The quantitative estimate of drug-likeness (QED) is 0.168. The molecule has 3 aromatic carbocycles. The predicted molar refractivity (Wildman–Crippen MR) is 185 cm³/mol. The second-order valence-corrected chi connectivity index (χ2v) is 13.6. The van der Waals surface area contributed by atoms with Crippen molar-refractivity contribution in [2.75, 3.05) is 19.6 Å². The van der Waals surface area contributed by atoms with Gasteiger partial charge >= 0.3 is 10.3 Å². The summed E-state index contributed by atoms with van der Waals surface area (Å²) in [4.78, 5) is 61.1. The molecule has 260 valence electrons. The number of aryl methyl sites for hydroxylation is 1. The molecule has 13 nitrogen and oxygen atoms in total. The smallest absolute Gasteiger partial charge is 0.371 e. The number of fused-ring (bicyclic) bond motifs is 2. The van der Waals surface area contributed by atoms with Gasteiger partial charge < -0.3 is 19.0 Å². The van der Waals surface area contributed by atoms with Crippen LogP contribution in [-0.2, 0) is 44.1 Å². The maximum Gasteiger partial charge on any atom is 0.380 e. The highest BCUT2D eigenvalue weighted by molar-refractivity contribution is 7.84. The van der Waals surface area contributed by atoms with Gasteiger partial charge in [0.2, 0.25) is 17.7 Å². The van der Waals surface area contributed by atoms with Crippen molar-refractivity contribution in [2.45, 2.75) is 44.9 Å². The molecule has 0 radical (unpaired) electrons. The number of rotatable bonds is 12. The van der Waals surface area contributed by atoms with Crippen LogP contribution in [-0.4, -0.2) is 88.6 Å². The van der Waals surface area contributed by atoms with Gasteiger partial charge in [0.1, 0.15) is 18.0 Å². The molecule has 0 aliphatic carbocycles. The van der Waals surface area contributed by atoms with E-state index in [4.69, 9.17) is 9.32 Å². The Balaban J connectivity index is 1.37. The standard InChI is InChI=1S/C36H38N6O7S/c1-3-18-40-23-34(45)41-31(19-26-12-15-28(16-13-26)49-50(37,47)48)36(46)39(21-27-10-7-11-29-30(24(2)43)20-38-35(27)29)22-32(41)42(40)33(44)17-14-25-8-5-4-6-9-25/h3-13,15-16,20,31-32,38H,1,14,17-19,21-23H2,2H3,(H2,37,47,48)/t31-,32-/m0/s1. The first-order valence-electron chi connectivity index (χ1n) is 16.2. The normalized spacial score (nSPS) is 18.3. The van der Waals surface area contributed by atoms with Crippen LogP contribution in [0.4, 0.5) is 0 Å². The van der Waals surface area contributed by atoms with Crippen molar-refractivity contribution in [1.82, 2.24) is 24.8 Å². The van der Waals surface area contributed by atoms with Crippen molar-refractivity contribution in [2.24, 2.45) is 5.14 Å². The van der Waals surface area contributed by atoms with Crippen LogP contribution in [0.1, 0.15) is 40.4 Å². The van der Waals surface area contributed by atoms with Crippen molar-refractivity contribution in [1.29, 1.82) is 0 Å². The Kier molecular flexibility index (Phi) is 9.86. The first-order chi connectivity index (χ1) is 23.9. The maximum absolute atomic E-state index is 14.4. The summed E-state index contributed by atoms with van der Waals surface area (Å²) in [5.41, 5.74) is 3.66. The number of H-pyrrole nitrogens is 1. The second kappa shape index (κ2) is 14.3. The van der Waals surface area contributed by atoms with E-state index in [1.165, 1.54) is 24.0 Å². The van der Waals surface area contributed by atoms with Gasteiger partial charge in [-0.25, -0.2) is 10.0 Å². The average molecular weight is 699 g/mol. The minimum atomic E-state index is -4.24. The van der Waals surface area contributed by atoms with Gasteiger partial charge in [-0.3, -0.25) is 19.2 Å². The minimum absolute atomic E-state index is 0.000926. The first kappa shape index (κ1) is 34.5. The highest BCUT2D eigenvalue weighted by atomic mass is 32.2. The van der Waals surface area contributed by atoms with E-state index in [1.54, 1.807) is 39.3 Å². The van der Waals surface area contributed by atoms with E-state index >= 15 is 0 Å². The van der Waals surface area contributed by atoms with E-state index in [9.17, 15) is 27.6 Å². The van der Waals surface area contributed by atoms with E-state index in [0.717, 1.165) is 22.0 Å². The maximum atomic E-state index is 14.4. The number of hydrogen-bond acceptors (Lipinski definition) is 8. The lowest BCUT2D eigenvalue weighted by Crippen LogP contribution is -2.75. The summed E-state index contributed by atoms with van der Waals surface area (Å²) in [5, 5.41) is 9.03. The number of amides is 3. The number of nitrogens with one attached hydrogen (secondary N) is 1. The highest BCUT2D eigenvalue weighted by Crippen LogP contribution is 2.31. The Hall–Kier alpha value is -5.31. The molecule has 3 amide bonds. The SMILES string of the molecule is C=CCN1CC(=O)N2[C@@H](Cc3ccc(OS(N)(=O)=O)cc3)C(=O)N(Cc3cccc4c(C(C)=O)c[nH]c34)C[C@@H]2N1C(=O)CCc1ccccc1. The van der Waals surface area contributed by atoms with Crippen molar-refractivity contribution >= 4 is 44.7 Å². The van der Waals surface area contributed by atoms with Gasteiger partial charge in [-0.15, -0.1) is 6.58 Å². The summed E-state index contributed by atoms with van der Waals surface area (Å²) >= 11 is 0. The van der Waals surface area contributed by atoms with Crippen LogP contribution in [0.2, 0.25) is 0 Å². The number of carbonyl (C=O) groups is 4. The summed E-state index contributed by atoms with van der Waals surface area (Å²) in [6, 6.07) is 20.3. The lowest BCUT2D eigenvalue weighted by molar-refractivity contribution is -0.205. The molecule has 2 aliphatic rings. The zero-order valence-corrected chi connectivity index (χ0v) is 28.3. The molecule has 2 fully saturated rings. The lowest BCUT2D eigenvalue weighted by Gasteiger charge is -2.55. The van der Waals surface area contributed by atoms with Crippen LogP contribution in [0.15, 0.2) is 91.6 Å². The number of hydrogen-bond donors (Lipinski definition) is 2. The van der Waals surface area contributed by atoms with Gasteiger partial charge in [0.15, 0.2) is 5.78 Å². The Bertz CT molecular complexity index is 2050. The van der Waals surface area contributed by atoms with Crippen LogP contribution in [0, 0.1) is 0 Å². The zero-order valence-electron chi connectivity index (χ0n) is 27.5. The molecule has 0 spiro atoms.